The molecule has 0 bridgehead atoms. The second kappa shape index (κ2) is 5.65. The summed E-state index contributed by atoms with van der Waals surface area (Å²) < 4.78 is 2.57. The van der Waals surface area contributed by atoms with Crippen molar-refractivity contribution in [2.45, 2.75) is 58.0 Å². The van der Waals surface area contributed by atoms with Crippen LogP contribution in [0, 0.1) is 11.8 Å². The Labute approximate surface area is 143 Å². The Morgan fingerprint density at radius 2 is 1.88 bits per heavy atom. The molecule has 1 amide bonds. The molecule has 24 heavy (non-hydrogen) atoms. The van der Waals surface area contributed by atoms with Crippen molar-refractivity contribution >= 4 is 16.8 Å². The van der Waals surface area contributed by atoms with Crippen molar-refractivity contribution in [3.8, 4) is 0 Å². The van der Waals surface area contributed by atoms with Crippen molar-refractivity contribution in [2.24, 2.45) is 11.8 Å². The van der Waals surface area contributed by atoms with Crippen LogP contribution in [0.3, 0.4) is 0 Å². The first-order valence-corrected chi connectivity index (χ1v) is 9.69. The summed E-state index contributed by atoms with van der Waals surface area (Å²) in [5.41, 5.74) is 4.30. The topological polar surface area (TPSA) is 25.2 Å². The number of hydrogen-bond acceptors (Lipinski definition) is 1. The number of aromatic nitrogens is 1. The molecule has 3 aliphatic rings. The van der Waals surface area contributed by atoms with Gasteiger partial charge in [0.05, 0.1) is 0 Å². The highest BCUT2D eigenvalue weighted by molar-refractivity contribution is 5.87. The van der Waals surface area contributed by atoms with Crippen LogP contribution in [0.2, 0.25) is 0 Å². The van der Waals surface area contributed by atoms with Gasteiger partial charge in [-0.25, -0.2) is 0 Å². The van der Waals surface area contributed by atoms with Gasteiger partial charge in [0.15, 0.2) is 0 Å². The first kappa shape index (κ1) is 14.6. The fourth-order valence-corrected chi connectivity index (χ4v) is 4.79. The van der Waals surface area contributed by atoms with Crippen LogP contribution in [-0.2, 0) is 24.3 Å². The van der Waals surface area contributed by atoms with E-state index in [4.69, 9.17) is 0 Å². The minimum atomic E-state index is 0.298. The summed E-state index contributed by atoms with van der Waals surface area (Å²) in [7, 11) is 0. The number of para-hydroxylation sites is 1. The zero-order valence-corrected chi connectivity index (χ0v) is 14.3. The van der Waals surface area contributed by atoms with Crippen LogP contribution in [0.15, 0.2) is 24.3 Å². The molecule has 0 saturated heterocycles. The maximum Gasteiger partial charge on any atom is 0.225 e. The molecule has 3 heteroatoms. The molecule has 5 rings (SSSR count). The maximum atomic E-state index is 12.9. The van der Waals surface area contributed by atoms with Crippen LogP contribution in [0.4, 0.5) is 0 Å². The van der Waals surface area contributed by atoms with Gasteiger partial charge in [0.2, 0.25) is 5.91 Å². The molecule has 126 valence electrons. The van der Waals surface area contributed by atoms with Gasteiger partial charge in [-0.2, -0.15) is 0 Å². The molecule has 1 aromatic heterocycles. The van der Waals surface area contributed by atoms with Gasteiger partial charge in [-0.05, 0) is 37.7 Å². The fraction of sp³-hybridized carbons (Fsp3) is 0.571. The summed E-state index contributed by atoms with van der Waals surface area (Å²) in [4.78, 5) is 15.0. The van der Waals surface area contributed by atoms with E-state index in [1.807, 2.05) is 0 Å². The zero-order chi connectivity index (χ0) is 16.1. The van der Waals surface area contributed by atoms with Crippen molar-refractivity contribution in [1.82, 2.24) is 9.47 Å². The van der Waals surface area contributed by atoms with Gasteiger partial charge in [-0.15, -0.1) is 0 Å². The van der Waals surface area contributed by atoms with E-state index in [9.17, 15) is 4.79 Å². The van der Waals surface area contributed by atoms with Crippen molar-refractivity contribution in [3.05, 3.63) is 35.5 Å². The van der Waals surface area contributed by atoms with E-state index >= 15 is 0 Å². The van der Waals surface area contributed by atoms with Crippen LogP contribution in [0.5, 0.6) is 0 Å². The van der Waals surface area contributed by atoms with Gasteiger partial charge in [-0.1, -0.05) is 31.0 Å². The van der Waals surface area contributed by atoms with Crippen molar-refractivity contribution in [3.63, 3.8) is 0 Å². The maximum absolute atomic E-state index is 12.9. The molecule has 2 aliphatic carbocycles. The highest BCUT2D eigenvalue weighted by Gasteiger charge is 2.32. The summed E-state index contributed by atoms with van der Waals surface area (Å²) in [6.07, 6.45) is 8.46. The fourth-order valence-electron chi connectivity index (χ4n) is 4.79. The van der Waals surface area contributed by atoms with E-state index in [-0.39, 0.29) is 0 Å². The van der Waals surface area contributed by atoms with E-state index in [0.717, 1.165) is 38.3 Å². The highest BCUT2D eigenvalue weighted by atomic mass is 16.2. The lowest BCUT2D eigenvalue weighted by atomic mass is 10.0. The molecular weight excluding hydrogens is 296 g/mol. The average Bonchev–Trinajstić information content (AvgIpc) is 3.17. The lowest BCUT2D eigenvalue weighted by Gasteiger charge is -2.30. The van der Waals surface area contributed by atoms with Crippen LogP contribution in [0.1, 0.15) is 49.8 Å². The molecule has 2 saturated carbocycles. The van der Waals surface area contributed by atoms with Crippen LogP contribution < -0.4 is 0 Å². The number of rotatable bonds is 3. The summed E-state index contributed by atoms with van der Waals surface area (Å²) in [5.74, 6) is 1.59. The van der Waals surface area contributed by atoms with E-state index in [2.05, 4.69) is 33.7 Å². The second-order valence-electron chi connectivity index (χ2n) is 7.99. The minimum absolute atomic E-state index is 0.298. The lowest BCUT2D eigenvalue weighted by Crippen LogP contribution is -2.39. The first-order chi connectivity index (χ1) is 11.8. The Hall–Kier alpha value is -1.77. The van der Waals surface area contributed by atoms with E-state index in [0.29, 0.717) is 11.8 Å². The molecule has 0 spiro atoms. The largest absolute Gasteiger partial charge is 0.344 e. The van der Waals surface area contributed by atoms with Gasteiger partial charge in [0.25, 0.3) is 0 Å². The van der Waals surface area contributed by atoms with Gasteiger partial charge < -0.3 is 9.47 Å². The SMILES string of the molecule is O=C(C1CCCC1)N1CCc2c(c3ccccc3n2CC2CC2)C1. The van der Waals surface area contributed by atoms with E-state index < -0.39 is 0 Å². The molecule has 1 aromatic carbocycles. The molecular formula is C21H26N2O. The molecule has 0 unspecified atom stereocenters. The van der Waals surface area contributed by atoms with E-state index in [1.165, 1.54) is 54.4 Å². The zero-order valence-electron chi connectivity index (χ0n) is 14.3. The molecule has 0 radical (unpaired) electrons. The average molecular weight is 322 g/mol. The molecule has 1 aliphatic heterocycles. The van der Waals surface area contributed by atoms with E-state index in [1.54, 1.807) is 0 Å². The number of hydrogen-bond donors (Lipinski definition) is 0. The Morgan fingerprint density at radius 3 is 2.67 bits per heavy atom. The third kappa shape index (κ3) is 2.37. The lowest BCUT2D eigenvalue weighted by molar-refractivity contribution is -0.136. The van der Waals surface area contributed by atoms with Gasteiger partial charge in [0, 0.05) is 54.1 Å². The third-order valence-corrected chi connectivity index (χ3v) is 6.32. The monoisotopic (exact) mass is 322 g/mol. The molecule has 0 atom stereocenters. The number of carbonyl (C=O) groups excluding carboxylic acids is 1. The number of fused-ring (bicyclic) bond motifs is 3. The van der Waals surface area contributed by atoms with Gasteiger partial charge in [-0.3, -0.25) is 4.79 Å². The summed E-state index contributed by atoms with van der Waals surface area (Å²) >= 11 is 0. The third-order valence-electron chi connectivity index (χ3n) is 6.32. The minimum Gasteiger partial charge on any atom is -0.344 e. The molecule has 2 heterocycles. The standard InChI is InChI=1S/C21H26N2O/c24-21(16-5-1-2-6-16)22-12-11-20-18(14-22)17-7-3-4-8-19(17)23(20)13-15-9-10-15/h3-4,7-8,15-16H,1-2,5-6,9-14H2. The smallest absolute Gasteiger partial charge is 0.225 e. The summed E-state index contributed by atoms with van der Waals surface area (Å²) in [6.45, 7) is 2.90. The Bertz CT molecular complexity index is 780. The number of nitrogens with zero attached hydrogens (tertiary/aromatic N) is 2. The quantitative estimate of drug-likeness (QED) is 0.834. The predicted octanol–water partition coefficient (Wildman–Crippen LogP) is 4.13. The predicted molar refractivity (Wildman–Crippen MR) is 95.7 cm³/mol. The van der Waals surface area contributed by atoms with Crippen LogP contribution in [-0.4, -0.2) is 21.9 Å². The summed E-state index contributed by atoms with van der Waals surface area (Å²) in [5, 5.41) is 1.37. The second-order valence-corrected chi connectivity index (χ2v) is 7.99. The van der Waals surface area contributed by atoms with Crippen molar-refractivity contribution in [2.75, 3.05) is 6.54 Å². The first-order valence-electron chi connectivity index (χ1n) is 9.69. The number of carbonyl (C=O) groups is 1. The molecule has 2 fully saturated rings. The number of amides is 1. The highest BCUT2D eigenvalue weighted by Crippen LogP contribution is 2.37. The van der Waals surface area contributed by atoms with Crippen LogP contribution >= 0.6 is 0 Å². The van der Waals surface area contributed by atoms with Gasteiger partial charge >= 0.3 is 0 Å². The molecule has 0 N–H and O–H groups in total. The van der Waals surface area contributed by atoms with Gasteiger partial charge in [0.1, 0.15) is 0 Å². The molecule has 3 nitrogen and oxygen atoms in total. The Morgan fingerprint density at radius 1 is 1.08 bits per heavy atom. The van der Waals surface area contributed by atoms with Crippen molar-refractivity contribution < 1.29 is 4.79 Å². The molecule has 2 aromatic rings. The summed E-state index contributed by atoms with van der Waals surface area (Å²) in [6, 6.07) is 8.81. The van der Waals surface area contributed by atoms with Crippen molar-refractivity contribution in [1.29, 1.82) is 0 Å². The Kier molecular flexibility index (Phi) is 3.43. The van der Waals surface area contributed by atoms with Crippen LogP contribution in [0.25, 0.3) is 10.9 Å². The Balaban J connectivity index is 1.50. The number of benzene rings is 1. The normalized spacial score (nSPS) is 21.4.